The van der Waals surface area contributed by atoms with Crippen LogP contribution in [0.3, 0.4) is 0 Å². The van der Waals surface area contributed by atoms with Crippen molar-refractivity contribution in [1.29, 1.82) is 5.26 Å². The number of aromatic nitrogens is 1. The number of pyridine rings is 1. The van der Waals surface area contributed by atoms with Crippen molar-refractivity contribution in [2.24, 2.45) is 0 Å². The zero-order chi connectivity index (χ0) is 14.8. The molecular weight excluding hydrogens is 300 g/mol. The molecule has 0 aliphatic carbocycles. The van der Waals surface area contributed by atoms with Crippen LogP contribution in [0.1, 0.15) is 5.56 Å². The van der Waals surface area contributed by atoms with Crippen molar-refractivity contribution in [2.45, 2.75) is 5.03 Å². The first-order valence-corrected chi connectivity index (χ1v) is 7.23. The van der Waals surface area contributed by atoms with Gasteiger partial charge in [-0.3, -0.25) is 4.72 Å². The molecule has 0 saturated carbocycles. The van der Waals surface area contributed by atoms with Crippen LogP contribution in [-0.4, -0.2) is 13.4 Å². The highest BCUT2D eigenvalue weighted by Crippen LogP contribution is 2.26. The lowest BCUT2D eigenvalue weighted by Gasteiger charge is -2.10. The molecule has 1 heterocycles. The Morgan fingerprint density at radius 1 is 1.35 bits per heavy atom. The van der Waals surface area contributed by atoms with E-state index in [1.54, 1.807) is 0 Å². The summed E-state index contributed by atoms with van der Waals surface area (Å²) in [5.74, 6) is 0. The Morgan fingerprint density at radius 2 is 2.10 bits per heavy atom. The number of nitrogens with one attached hydrogen (secondary N) is 1. The van der Waals surface area contributed by atoms with Gasteiger partial charge in [-0.1, -0.05) is 11.6 Å². The van der Waals surface area contributed by atoms with Crippen molar-refractivity contribution in [2.75, 3.05) is 10.5 Å². The summed E-state index contributed by atoms with van der Waals surface area (Å²) in [6.07, 6.45) is 1.32. The van der Waals surface area contributed by atoms with Crippen molar-refractivity contribution in [3.63, 3.8) is 0 Å². The van der Waals surface area contributed by atoms with Crippen LogP contribution >= 0.6 is 11.6 Å². The number of nitrogen functional groups attached to an aromatic ring is 1. The van der Waals surface area contributed by atoms with Crippen molar-refractivity contribution >= 4 is 33.0 Å². The van der Waals surface area contributed by atoms with Crippen LogP contribution in [0.2, 0.25) is 5.02 Å². The zero-order valence-electron chi connectivity index (χ0n) is 10.0. The van der Waals surface area contributed by atoms with Crippen LogP contribution in [0.4, 0.5) is 11.4 Å². The Morgan fingerprint density at radius 3 is 2.75 bits per heavy atom. The molecule has 2 rings (SSSR count). The molecule has 3 N–H and O–H groups in total. The average Bonchev–Trinajstić information content (AvgIpc) is 2.41. The molecule has 0 radical (unpaired) electrons. The van der Waals surface area contributed by atoms with Crippen LogP contribution in [0.25, 0.3) is 0 Å². The number of nitrogens with two attached hydrogens (primary N) is 1. The molecule has 1 aromatic carbocycles. The average molecular weight is 309 g/mol. The Balaban J connectivity index is 2.44. The Bertz CT molecular complexity index is 799. The maximum Gasteiger partial charge on any atom is 0.281 e. The summed E-state index contributed by atoms with van der Waals surface area (Å²) in [6, 6.07) is 9.09. The van der Waals surface area contributed by atoms with Crippen LogP contribution in [-0.2, 0) is 10.0 Å². The van der Waals surface area contributed by atoms with E-state index in [0.717, 1.165) is 0 Å². The third-order valence-electron chi connectivity index (χ3n) is 2.39. The topological polar surface area (TPSA) is 109 Å². The van der Waals surface area contributed by atoms with Gasteiger partial charge in [0.25, 0.3) is 10.0 Å². The van der Waals surface area contributed by atoms with Gasteiger partial charge in [-0.05, 0) is 30.3 Å². The number of hydrogen-bond acceptors (Lipinski definition) is 5. The fourth-order valence-corrected chi connectivity index (χ4v) is 2.85. The van der Waals surface area contributed by atoms with Gasteiger partial charge in [0.05, 0.1) is 28.0 Å². The lowest BCUT2D eigenvalue weighted by molar-refractivity contribution is 0.598. The number of nitriles is 1. The minimum absolute atomic E-state index is 0.0209. The molecule has 0 saturated heterocycles. The molecule has 0 amide bonds. The molecule has 0 bridgehead atoms. The summed E-state index contributed by atoms with van der Waals surface area (Å²) in [5.41, 5.74) is 5.98. The maximum absolute atomic E-state index is 12.2. The van der Waals surface area contributed by atoms with E-state index in [-0.39, 0.29) is 27.0 Å². The van der Waals surface area contributed by atoms with Gasteiger partial charge in [0.1, 0.15) is 0 Å². The van der Waals surface area contributed by atoms with Gasteiger partial charge in [0.2, 0.25) is 0 Å². The Labute approximate surface area is 120 Å². The largest absolute Gasteiger partial charge is 0.396 e. The molecule has 20 heavy (non-hydrogen) atoms. The first kappa shape index (κ1) is 14.1. The molecule has 0 aliphatic rings. The molecule has 8 heteroatoms. The minimum atomic E-state index is -3.97. The van der Waals surface area contributed by atoms with E-state index < -0.39 is 10.0 Å². The third-order valence-corrected chi connectivity index (χ3v) is 4.06. The number of sulfonamides is 1. The summed E-state index contributed by atoms with van der Waals surface area (Å²) < 4.78 is 26.6. The third kappa shape index (κ3) is 2.82. The number of rotatable bonds is 3. The van der Waals surface area contributed by atoms with Crippen LogP contribution in [0.5, 0.6) is 0 Å². The standard InChI is InChI=1S/C12H9ClN4O2S/c13-9-4-3-8(7-14)6-11(9)17-20(18,19)12-10(15)2-1-5-16-12/h1-6,17H,15H2. The first-order valence-electron chi connectivity index (χ1n) is 5.37. The minimum Gasteiger partial charge on any atom is -0.396 e. The number of nitrogens with zero attached hydrogens (tertiary/aromatic N) is 2. The molecule has 1 aromatic heterocycles. The van der Waals surface area contributed by atoms with E-state index in [9.17, 15) is 8.42 Å². The monoisotopic (exact) mass is 308 g/mol. The van der Waals surface area contributed by atoms with Gasteiger partial charge in [0, 0.05) is 6.20 Å². The highest BCUT2D eigenvalue weighted by molar-refractivity contribution is 7.92. The van der Waals surface area contributed by atoms with Crippen LogP contribution in [0, 0.1) is 11.3 Å². The fraction of sp³-hybridized carbons (Fsp3) is 0. The van der Waals surface area contributed by atoms with Gasteiger partial charge < -0.3 is 5.73 Å². The molecule has 0 aliphatic heterocycles. The van der Waals surface area contributed by atoms with Crippen molar-refractivity contribution in [3.05, 3.63) is 47.1 Å². The summed E-state index contributed by atoms with van der Waals surface area (Å²) in [4.78, 5) is 3.73. The second kappa shape index (κ2) is 5.36. The molecule has 2 aromatic rings. The van der Waals surface area contributed by atoms with Gasteiger partial charge in [-0.2, -0.15) is 13.7 Å². The van der Waals surface area contributed by atoms with E-state index in [0.29, 0.717) is 0 Å². The van der Waals surface area contributed by atoms with Gasteiger partial charge >= 0.3 is 0 Å². The highest BCUT2D eigenvalue weighted by Gasteiger charge is 2.20. The molecular formula is C12H9ClN4O2S. The summed E-state index contributed by atoms with van der Waals surface area (Å²) in [6.45, 7) is 0. The zero-order valence-corrected chi connectivity index (χ0v) is 11.6. The smallest absolute Gasteiger partial charge is 0.281 e. The van der Waals surface area contributed by atoms with Gasteiger partial charge in [0.15, 0.2) is 5.03 Å². The molecule has 0 spiro atoms. The van der Waals surface area contributed by atoms with Crippen LogP contribution < -0.4 is 10.5 Å². The quantitative estimate of drug-likeness (QED) is 0.901. The fourth-order valence-electron chi connectivity index (χ4n) is 1.49. The molecule has 0 atom stereocenters. The Kier molecular flexibility index (Phi) is 3.79. The molecule has 102 valence electrons. The summed E-state index contributed by atoms with van der Waals surface area (Å²) in [7, 11) is -3.97. The second-order valence-corrected chi connectivity index (χ2v) is 5.81. The van der Waals surface area contributed by atoms with Crippen molar-refractivity contribution in [3.8, 4) is 6.07 Å². The van der Waals surface area contributed by atoms with Gasteiger partial charge in [-0.15, -0.1) is 0 Å². The van der Waals surface area contributed by atoms with Crippen LogP contribution in [0.15, 0.2) is 41.6 Å². The SMILES string of the molecule is N#Cc1ccc(Cl)c(NS(=O)(=O)c2ncccc2N)c1. The van der Waals surface area contributed by atoms with Crippen molar-refractivity contribution < 1.29 is 8.42 Å². The lowest BCUT2D eigenvalue weighted by atomic mass is 10.2. The first-order chi connectivity index (χ1) is 9.44. The maximum atomic E-state index is 12.2. The highest BCUT2D eigenvalue weighted by atomic mass is 35.5. The number of halogens is 1. The lowest BCUT2D eigenvalue weighted by Crippen LogP contribution is -2.16. The van der Waals surface area contributed by atoms with E-state index >= 15 is 0 Å². The summed E-state index contributed by atoms with van der Waals surface area (Å²) in [5, 5.41) is 8.69. The molecule has 0 fully saturated rings. The Hall–Kier alpha value is -2.30. The second-order valence-electron chi connectivity index (χ2n) is 3.81. The molecule has 0 unspecified atom stereocenters. The number of hydrogen-bond donors (Lipinski definition) is 2. The summed E-state index contributed by atoms with van der Waals surface area (Å²) >= 11 is 5.90. The van der Waals surface area contributed by atoms with E-state index in [1.807, 2.05) is 6.07 Å². The van der Waals surface area contributed by atoms with Gasteiger partial charge in [-0.25, -0.2) is 4.98 Å². The van der Waals surface area contributed by atoms with E-state index in [4.69, 9.17) is 22.6 Å². The predicted molar refractivity (Wildman–Crippen MR) is 75.6 cm³/mol. The van der Waals surface area contributed by atoms with Crippen molar-refractivity contribution in [1.82, 2.24) is 4.98 Å². The predicted octanol–water partition coefficient (Wildman–Crippen LogP) is 1.99. The normalized spacial score (nSPS) is 10.8. The number of anilines is 2. The molecule has 6 nitrogen and oxygen atoms in total. The van der Waals surface area contributed by atoms with E-state index in [2.05, 4.69) is 9.71 Å². The number of benzene rings is 1. The van der Waals surface area contributed by atoms with E-state index in [1.165, 1.54) is 36.5 Å².